The highest BCUT2D eigenvalue weighted by Crippen LogP contribution is 2.30. The van der Waals surface area contributed by atoms with Crippen molar-refractivity contribution in [2.24, 2.45) is 0 Å². The summed E-state index contributed by atoms with van der Waals surface area (Å²) in [6.07, 6.45) is -4.57. The summed E-state index contributed by atoms with van der Waals surface area (Å²) in [5, 5.41) is 2.17. The van der Waals surface area contributed by atoms with Gasteiger partial charge in [0.05, 0.1) is 22.2 Å². The third-order valence-electron chi connectivity index (χ3n) is 3.38. The van der Waals surface area contributed by atoms with Gasteiger partial charge >= 0.3 is 6.18 Å². The Balaban J connectivity index is 1.81. The van der Waals surface area contributed by atoms with Crippen molar-refractivity contribution >= 4 is 44.2 Å². The Morgan fingerprint density at radius 2 is 1.85 bits per heavy atom. The summed E-state index contributed by atoms with van der Waals surface area (Å²) in [5.41, 5.74) is -0.552. The highest BCUT2D eigenvalue weighted by atomic mass is 32.2. The number of benzene rings is 2. The van der Waals surface area contributed by atoms with E-state index in [1.807, 2.05) is 0 Å². The number of hydrogen-bond acceptors (Lipinski definition) is 6. The molecule has 0 atom stereocenters. The van der Waals surface area contributed by atoms with Crippen molar-refractivity contribution in [3.8, 4) is 0 Å². The number of fused-ring (bicyclic) bond motifs is 1. The molecule has 0 saturated carbocycles. The van der Waals surface area contributed by atoms with E-state index in [1.54, 1.807) is 6.07 Å². The van der Waals surface area contributed by atoms with Gasteiger partial charge in [-0.2, -0.15) is 21.9 Å². The molecular formula is C15H10F3N3O3S2. The zero-order valence-electron chi connectivity index (χ0n) is 12.8. The van der Waals surface area contributed by atoms with Gasteiger partial charge in [-0.15, -0.1) is 0 Å². The molecule has 136 valence electrons. The Morgan fingerprint density at radius 3 is 2.58 bits per heavy atom. The van der Waals surface area contributed by atoms with Crippen LogP contribution in [0.1, 0.15) is 5.56 Å². The Morgan fingerprint density at radius 1 is 1.12 bits per heavy atom. The monoisotopic (exact) mass is 401 g/mol. The number of hydrogen-bond donors (Lipinski definition) is 1. The third kappa shape index (κ3) is 3.83. The number of amides is 1. The minimum Gasteiger partial charge on any atom is -0.325 e. The molecule has 0 spiro atoms. The molecule has 0 unspecified atom stereocenters. The van der Waals surface area contributed by atoms with Crippen LogP contribution in [0.15, 0.2) is 47.4 Å². The van der Waals surface area contributed by atoms with Crippen LogP contribution < -0.4 is 5.32 Å². The summed E-state index contributed by atoms with van der Waals surface area (Å²) < 4.78 is 70.9. The van der Waals surface area contributed by atoms with E-state index in [0.29, 0.717) is 5.52 Å². The number of anilines is 1. The topological polar surface area (TPSA) is 89.0 Å². The fraction of sp³-hybridized carbons (Fsp3) is 0.133. The zero-order valence-corrected chi connectivity index (χ0v) is 14.5. The van der Waals surface area contributed by atoms with E-state index in [4.69, 9.17) is 0 Å². The molecule has 0 bridgehead atoms. The van der Waals surface area contributed by atoms with Crippen LogP contribution in [0.5, 0.6) is 0 Å². The van der Waals surface area contributed by atoms with Gasteiger partial charge in [-0.25, -0.2) is 8.42 Å². The molecule has 11 heteroatoms. The van der Waals surface area contributed by atoms with Gasteiger partial charge in [0.1, 0.15) is 16.8 Å². The van der Waals surface area contributed by atoms with Crippen LogP contribution in [0.3, 0.4) is 0 Å². The number of alkyl halides is 3. The lowest BCUT2D eigenvalue weighted by molar-refractivity contribution is -0.137. The molecule has 1 N–H and O–H groups in total. The highest BCUT2D eigenvalue weighted by Gasteiger charge is 2.30. The molecule has 0 saturated heterocycles. The highest BCUT2D eigenvalue weighted by molar-refractivity contribution is 7.92. The molecule has 1 heterocycles. The molecule has 0 radical (unpaired) electrons. The number of aromatic nitrogens is 2. The Kier molecular flexibility index (Phi) is 4.67. The smallest absolute Gasteiger partial charge is 0.325 e. The van der Waals surface area contributed by atoms with Crippen LogP contribution in [0.25, 0.3) is 11.0 Å². The molecule has 6 nitrogen and oxygen atoms in total. The van der Waals surface area contributed by atoms with Crippen LogP contribution in [0, 0.1) is 0 Å². The largest absolute Gasteiger partial charge is 0.416 e. The Labute approximate surface area is 149 Å². The van der Waals surface area contributed by atoms with Gasteiger partial charge in [-0.1, -0.05) is 12.1 Å². The fourth-order valence-electron chi connectivity index (χ4n) is 2.25. The predicted molar refractivity (Wildman–Crippen MR) is 89.5 cm³/mol. The number of carbonyl (C=O) groups excluding carboxylic acids is 1. The van der Waals surface area contributed by atoms with E-state index in [9.17, 15) is 26.4 Å². The van der Waals surface area contributed by atoms with Crippen LogP contribution in [0.4, 0.5) is 18.9 Å². The number of sulfone groups is 1. The second-order valence-corrected chi connectivity index (χ2v) is 7.76. The zero-order chi connectivity index (χ0) is 18.9. The first-order chi connectivity index (χ1) is 12.2. The SMILES string of the molecule is O=C(CS(=O)(=O)c1cccc2nsnc12)Nc1cccc(C(F)(F)F)c1. The van der Waals surface area contributed by atoms with Gasteiger partial charge in [-0.05, 0) is 30.3 Å². The molecule has 0 aliphatic rings. The normalized spacial score (nSPS) is 12.3. The standard InChI is InChI=1S/C15H10F3N3O3S2/c16-15(17,18)9-3-1-4-10(7-9)19-13(22)8-26(23,24)12-6-2-5-11-14(12)21-25-20-11/h1-7H,8H2,(H,19,22). The quantitative estimate of drug-likeness (QED) is 0.726. The summed E-state index contributed by atoms with van der Waals surface area (Å²) in [7, 11) is -4.04. The molecular weight excluding hydrogens is 391 g/mol. The summed E-state index contributed by atoms with van der Waals surface area (Å²) in [4.78, 5) is 11.9. The van der Waals surface area contributed by atoms with Crippen LogP contribution in [0.2, 0.25) is 0 Å². The second-order valence-electron chi connectivity index (χ2n) is 5.27. The molecule has 0 aliphatic carbocycles. The molecule has 0 aliphatic heterocycles. The maximum Gasteiger partial charge on any atom is 0.416 e. The van der Waals surface area contributed by atoms with Crippen molar-refractivity contribution in [1.29, 1.82) is 0 Å². The number of halogens is 3. The van der Waals surface area contributed by atoms with Crippen molar-refractivity contribution in [2.45, 2.75) is 11.1 Å². The van der Waals surface area contributed by atoms with Crippen molar-refractivity contribution in [3.05, 3.63) is 48.0 Å². The van der Waals surface area contributed by atoms with Crippen molar-refractivity contribution in [2.75, 3.05) is 11.1 Å². The van der Waals surface area contributed by atoms with Gasteiger partial charge in [0.25, 0.3) is 0 Å². The minimum absolute atomic E-state index is 0.145. The molecule has 3 rings (SSSR count). The maximum atomic E-state index is 12.7. The molecule has 0 fully saturated rings. The first-order valence-corrected chi connectivity index (χ1v) is 9.46. The number of carbonyl (C=O) groups is 1. The average Bonchev–Trinajstić information content (AvgIpc) is 3.02. The lowest BCUT2D eigenvalue weighted by atomic mass is 10.2. The molecule has 1 amide bonds. The van der Waals surface area contributed by atoms with Crippen LogP contribution >= 0.6 is 11.7 Å². The first kappa shape index (κ1) is 18.3. The second kappa shape index (κ2) is 6.65. The lowest BCUT2D eigenvalue weighted by Gasteiger charge is -2.10. The van der Waals surface area contributed by atoms with Gasteiger partial charge in [-0.3, -0.25) is 4.79 Å². The number of rotatable bonds is 4. The summed E-state index contributed by atoms with van der Waals surface area (Å²) in [5.74, 6) is -1.88. The first-order valence-electron chi connectivity index (χ1n) is 7.08. The van der Waals surface area contributed by atoms with Gasteiger partial charge in [0.15, 0.2) is 9.84 Å². The van der Waals surface area contributed by atoms with Crippen molar-refractivity contribution < 1.29 is 26.4 Å². The van der Waals surface area contributed by atoms with E-state index in [2.05, 4.69) is 14.1 Å². The van der Waals surface area contributed by atoms with E-state index < -0.39 is 33.2 Å². The number of nitrogens with zero attached hydrogens (tertiary/aromatic N) is 2. The average molecular weight is 401 g/mol. The summed E-state index contributed by atoms with van der Waals surface area (Å²) >= 11 is 0.837. The van der Waals surface area contributed by atoms with Crippen LogP contribution in [-0.2, 0) is 20.8 Å². The minimum atomic E-state index is -4.57. The third-order valence-corrected chi connectivity index (χ3v) is 5.56. The van der Waals surface area contributed by atoms with Gasteiger partial charge in [0.2, 0.25) is 5.91 Å². The predicted octanol–water partition coefficient (Wildman–Crippen LogP) is 3.12. The summed E-state index contributed by atoms with van der Waals surface area (Å²) in [6.45, 7) is 0. The summed E-state index contributed by atoms with van der Waals surface area (Å²) in [6, 6.07) is 8.30. The molecule has 26 heavy (non-hydrogen) atoms. The Bertz CT molecular complexity index is 1080. The molecule has 2 aromatic carbocycles. The van der Waals surface area contributed by atoms with E-state index in [-0.39, 0.29) is 16.1 Å². The maximum absolute atomic E-state index is 12.7. The van der Waals surface area contributed by atoms with Gasteiger partial charge < -0.3 is 5.32 Å². The molecule has 3 aromatic rings. The van der Waals surface area contributed by atoms with Gasteiger partial charge in [0, 0.05) is 5.69 Å². The van der Waals surface area contributed by atoms with E-state index in [0.717, 1.165) is 29.9 Å². The van der Waals surface area contributed by atoms with E-state index >= 15 is 0 Å². The Hall–Kier alpha value is -2.53. The van der Waals surface area contributed by atoms with E-state index in [1.165, 1.54) is 18.2 Å². The molecule has 1 aromatic heterocycles. The van der Waals surface area contributed by atoms with Crippen molar-refractivity contribution in [3.63, 3.8) is 0 Å². The lowest BCUT2D eigenvalue weighted by Crippen LogP contribution is -2.23. The van der Waals surface area contributed by atoms with Crippen LogP contribution in [-0.4, -0.2) is 28.8 Å². The van der Waals surface area contributed by atoms with Crippen molar-refractivity contribution in [1.82, 2.24) is 8.75 Å². The number of nitrogens with one attached hydrogen (secondary N) is 1. The fourth-order valence-corrected chi connectivity index (χ4v) is 4.16.